The van der Waals surface area contributed by atoms with Crippen LogP contribution in [-0.4, -0.2) is 37.0 Å². The molecular weight excluding hydrogens is 311 g/mol. The van der Waals surface area contributed by atoms with Crippen molar-refractivity contribution in [3.05, 3.63) is 29.1 Å². The van der Waals surface area contributed by atoms with E-state index < -0.39 is 18.3 Å². The molecule has 0 bridgehead atoms. The first-order chi connectivity index (χ1) is 10.8. The van der Waals surface area contributed by atoms with Crippen LogP contribution >= 0.6 is 0 Å². The van der Waals surface area contributed by atoms with E-state index in [1.807, 2.05) is 6.92 Å². The number of benzene rings is 1. The van der Waals surface area contributed by atoms with Crippen LogP contribution in [0.4, 0.5) is 19.0 Å². The predicted octanol–water partition coefficient (Wildman–Crippen LogP) is 3.30. The summed E-state index contributed by atoms with van der Waals surface area (Å²) in [5.74, 6) is -1.07. The number of ether oxygens (including phenoxy) is 2. The Balaban J connectivity index is 2.55. The Hall–Kier alpha value is -1.93. The molecule has 1 heterocycles. The first-order valence-electron chi connectivity index (χ1n) is 6.92. The zero-order valence-electron chi connectivity index (χ0n) is 13.3. The molecule has 1 N–H and O–H groups in total. The Morgan fingerprint density at radius 3 is 2.35 bits per heavy atom. The van der Waals surface area contributed by atoms with Gasteiger partial charge in [-0.2, -0.15) is 13.2 Å². The number of hydrogen-bond acceptors (Lipinski definition) is 5. The van der Waals surface area contributed by atoms with Crippen molar-refractivity contribution in [3.8, 4) is 0 Å². The summed E-state index contributed by atoms with van der Waals surface area (Å²) >= 11 is 0. The molecule has 0 aliphatic heterocycles. The Bertz CT molecular complexity index is 700. The molecule has 0 radical (unpaired) electrons. The van der Waals surface area contributed by atoms with Gasteiger partial charge in [-0.3, -0.25) is 0 Å². The van der Waals surface area contributed by atoms with Crippen LogP contribution in [0.3, 0.4) is 0 Å². The SMILES string of the molecule is COC(CNc1nc(C(F)(F)F)nc2c(C)cc(C)cc12)OC. The van der Waals surface area contributed by atoms with Crippen molar-refractivity contribution in [2.24, 2.45) is 0 Å². The van der Waals surface area contributed by atoms with E-state index >= 15 is 0 Å². The average molecular weight is 329 g/mol. The first-order valence-corrected chi connectivity index (χ1v) is 6.92. The number of halogens is 3. The highest BCUT2D eigenvalue weighted by Crippen LogP contribution is 2.32. The smallest absolute Gasteiger partial charge is 0.364 e. The third-order valence-corrected chi connectivity index (χ3v) is 3.35. The molecule has 0 aliphatic carbocycles. The highest BCUT2D eigenvalue weighted by Gasteiger charge is 2.35. The molecule has 0 spiro atoms. The molecule has 2 aromatic rings. The van der Waals surface area contributed by atoms with Crippen LogP contribution in [0.15, 0.2) is 12.1 Å². The van der Waals surface area contributed by atoms with Gasteiger partial charge in [0.15, 0.2) is 6.29 Å². The molecule has 23 heavy (non-hydrogen) atoms. The number of fused-ring (bicyclic) bond motifs is 1. The lowest BCUT2D eigenvalue weighted by Gasteiger charge is -2.17. The number of methoxy groups -OCH3 is 2. The van der Waals surface area contributed by atoms with Crippen LogP contribution in [0.25, 0.3) is 10.9 Å². The van der Waals surface area contributed by atoms with Crippen molar-refractivity contribution in [1.82, 2.24) is 9.97 Å². The summed E-state index contributed by atoms with van der Waals surface area (Å²) in [6.45, 7) is 3.74. The number of hydrogen-bond donors (Lipinski definition) is 1. The second-order valence-corrected chi connectivity index (χ2v) is 5.15. The average Bonchev–Trinajstić information content (AvgIpc) is 2.47. The van der Waals surface area contributed by atoms with Crippen molar-refractivity contribution in [2.45, 2.75) is 26.3 Å². The van der Waals surface area contributed by atoms with Gasteiger partial charge in [-0.25, -0.2) is 9.97 Å². The normalized spacial score (nSPS) is 12.2. The van der Waals surface area contributed by atoms with Gasteiger partial charge in [-0.15, -0.1) is 0 Å². The lowest BCUT2D eigenvalue weighted by atomic mass is 10.1. The Labute approximate surface area is 131 Å². The number of aryl methyl sites for hydroxylation is 2. The Kier molecular flexibility index (Phi) is 5.06. The maximum absolute atomic E-state index is 13.0. The summed E-state index contributed by atoms with van der Waals surface area (Å²) in [5, 5.41) is 3.38. The molecule has 8 heteroatoms. The van der Waals surface area contributed by atoms with Crippen molar-refractivity contribution >= 4 is 16.7 Å². The minimum Gasteiger partial charge on any atom is -0.364 e. The van der Waals surface area contributed by atoms with Gasteiger partial charge in [0.2, 0.25) is 5.82 Å². The standard InChI is InChI=1S/C15H18F3N3O2/c1-8-5-9(2)12-10(6-8)13(19-7-11(22-3)23-4)21-14(20-12)15(16,17)18/h5-6,11H,7H2,1-4H3,(H,19,20,21). The van der Waals surface area contributed by atoms with E-state index in [-0.39, 0.29) is 17.9 Å². The fourth-order valence-electron chi connectivity index (χ4n) is 2.29. The zero-order valence-corrected chi connectivity index (χ0v) is 13.3. The molecule has 0 atom stereocenters. The fourth-order valence-corrected chi connectivity index (χ4v) is 2.29. The molecule has 5 nitrogen and oxygen atoms in total. The first kappa shape index (κ1) is 17.4. The Morgan fingerprint density at radius 1 is 1.13 bits per heavy atom. The lowest BCUT2D eigenvalue weighted by Crippen LogP contribution is -2.25. The highest BCUT2D eigenvalue weighted by molar-refractivity contribution is 5.91. The Morgan fingerprint density at radius 2 is 1.78 bits per heavy atom. The van der Waals surface area contributed by atoms with Crippen LogP contribution < -0.4 is 5.32 Å². The largest absolute Gasteiger partial charge is 0.451 e. The van der Waals surface area contributed by atoms with Crippen LogP contribution in [0, 0.1) is 13.8 Å². The van der Waals surface area contributed by atoms with Gasteiger partial charge in [-0.05, 0) is 31.0 Å². The summed E-state index contributed by atoms with van der Waals surface area (Å²) in [6.07, 6.45) is -5.22. The molecular formula is C15H18F3N3O2. The zero-order chi connectivity index (χ0) is 17.2. The van der Waals surface area contributed by atoms with Gasteiger partial charge in [0.1, 0.15) is 5.82 Å². The van der Waals surface area contributed by atoms with Crippen LogP contribution in [0.1, 0.15) is 17.0 Å². The molecule has 126 valence electrons. The number of rotatable bonds is 5. The van der Waals surface area contributed by atoms with Gasteiger partial charge in [0, 0.05) is 19.6 Å². The number of alkyl halides is 3. The van der Waals surface area contributed by atoms with E-state index in [0.717, 1.165) is 5.56 Å². The molecule has 0 saturated carbocycles. The van der Waals surface area contributed by atoms with Gasteiger partial charge < -0.3 is 14.8 Å². The predicted molar refractivity (Wildman–Crippen MR) is 80.3 cm³/mol. The van der Waals surface area contributed by atoms with Crippen molar-refractivity contribution in [3.63, 3.8) is 0 Å². The summed E-state index contributed by atoms with van der Waals surface area (Å²) < 4.78 is 49.2. The van der Waals surface area contributed by atoms with Crippen molar-refractivity contribution in [1.29, 1.82) is 0 Å². The maximum Gasteiger partial charge on any atom is 0.451 e. The second kappa shape index (κ2) is 6.67. The van der Waals surface area contributed by atoms with E-state index in [1.165, 1.54) is 14.2 Å². The summed E-state index contributed by atoms with van der Waals surface area (Å²) in [4.78, 5) is 7.31. The number of nitrogens with one attached hydrogen (secondary N) is 1. The maximum atomic E-state index is 13.0. The van der Waals surface area contributed by atoms with Gasteiger partial charge in [0.05, 0.1) is 12.1 Å². The van der Waals surface area contributed by atoms with Crippen LogP contribution in [-0.2, 0) is 15.7 Å². The summed E-state index contributed by atoms with van der Waals surface area (Å²) in [5.41, 5.74) is 1.84. The van der Waals surface area contributed by atoms with Crippen LogP contribution in [0.5, 0.6) is 0 Å². The van der Waals surface area contributed by atoms with E-state index in [1.54, 1.807) is 19.1 Å². The summed E-state index contributed by atoms with van der Waals surface area (Å²) in [7, 11) is 2.90. The van der Waals surface area contributed by atoms with Gasteiger partial charge in [-0.1, -0.05) is 6.07 Å². The third kappa shape index (κ3) is 3.89. The molecule has 1 aromatic carbocycles. The topological polar surface area (TPSA) is 56.3 Å². The quantitative estimate of drug-likeness (QED) is 0.853. The lowest BCUT2D eigenvalue weighted by molar-refractivity contribution is -0.144. The van der Waals surface area contributed by atoms with E-state index in [0.29, 0.717) is 10.9 Å². The molecule has 1 aromatic heterocycles. The molecule has 0 fully saturated rings. The second-order valence-electron chi connectivity index (χ2n) is 5.15. The molecule has 0 unspecified atom stereocenters. The van der Waals surface area contributed by atoms with Gasteiger partial charge in [0.25, 0.3) is 0 Å². The fraction of sp³-hybridized carbons (Fsp3) is 0.467. The van der Waals surface area contributed by atoms with E-state index in [9.17, 15) is 13.2 Å². The number of nitrogens with zero attached hydrogens (tertiary/aromatic N) is 2. The van der Waals surface area contributed by atoms with Crippen LogP contribution in [0.2, 0.25) is 0 Å². The third-order valence-electron chi connectivity index (χ3n) is 3.35. The minimum absolute atomic E-state index is 0.105. The highest BCUT2D eigenvalue weighted by atomic mass is 19.4. The number of anilines is 1. The molecule has 0 saturated heterocycles. The van der Waals surface area contributed by atoms with Gasteiger partial charge >= 0.3 is 6.18 Å². The van der Waals surface area contributed by atoms with E-state index in [4.69, 9.17) is 9.47 Å². The monoisotopic (exact) mass is 329 g/mol. The molecule has 0 aliphatic rings. The molecule has 0 amide bonds. The van der Waals surface area contributed by atoms with E-state index in [2.05, 4.69) is 15.3 Å². The van der Waals surface area contributed by atoms with Crippen molar-refractivity contribution < 1.29 is 22.6 Å². The molecule has 2 rings (SSSR count). The minimum atomic E-state index is -4.62. The number of aromatic nitrogens is 2. The summed E-state index contributed by atoms with van der Waals surface area (Å²) in [6, 6.07) is 3.53. The van der Waals surface area contributed by atoms with Crippen molar-refractivity contribution in [2.75, 3.05) is 26.1 Å².